The van der Waals surface area contributed by atoms with Crippen LogP contribution in [0.1, 0.15) is 66.0 Å². The number of aliphatic hydroxyl groups is 1. The highest BCUT2D eigenvalue weighted by Crippen LogP contribution is 2.60. The van der Waals surface area contributed by atoms with Crippen molar-refractivity contribution in [3.05, 3.63) is 130 Å². The summed E-state index contributed by atoms with van der Waals surface area (Å²) in [6.07, 6.45) is 0.00743. The van der Waals surface area contributed by atoms with E-state index in [4.69, 9.17) is 9.47 Å². The summed E-state index contributed by atoms with van der Waals surface area (Å²) < 4.78 is 10.7. The molecule has 0 aliphatic heterocycles. The smallest absolute Gasteiger partial charge is 0.199 e. The van der Waals surface area contributed by atoms with Crippen LogP contribution in [0.25, 0.3) is 0 Å². The van der Waals surface area contributed by atoms with E-state index < -0.39 is 29.1 Å². The molecule has 0 bridgehead atoms. The van der Waals surface area contributed by atoms with E-state index in [0.29, 0.717) is 44.9 Å². The number of ether oxygens (including phenoxy) is 2. The van der Waals surface area contributed by atoms with Gasteiger partial charge in [-0.3, -0.25) is 14.4 Å². The lowest BCUT2D eigenvalue weighted by molar-refractivity contribution is -0.00160. The van der Waals surface area contributed by atoms with Crippen molar-refractivity contribution in [2.75, 3.05) is 14.2 Å². The van der Waals surface area contributed by atoms with E-state index in [1.807, 2.05) is 18.2 Å². The van der Waals surface area contributed by atoms with Crippen LogP contribution >= 0.6 is 0 Å². The van der Waals surface area contributed by atoms with Gasteiger partial charge < -0.3 is 14.6 Å². The van der Waals surface area contributed by atoms with Gasteiger partial charge in [0, 0.05) is 40.9 Å². The van der Waals surface area contributed by atoms with E-state index in [1.54, 1.807) is 86.0 Å². The van der Waals surface area contributed by atoms with Crippen molar-refractivity contribution < 1.29 is 29.0 Å². The normalized spacial score (nSPS) is 22.6. The fourth-order valence-corrected chi connectivity index (χ4v) is 6.54. The molecule has 6 nitrogen and oxygen atoms in total. The maximum atomic E-state index is 14.5. The van der Waals surface area contributed by atoms with Gasteiger partial charge in [0.05, 0.1) is 14.2 Å². The largest absolute Gasteiger partial charge is 0.497 e. The molecule has 4 atom stereocenters. The summed E-state index contributed by atoms with van der Waals surface area (Å²) >= 11 is 0. The van der Waals surface area contributed by atoms with Crippen molar-refractivity contribution in [2.24, 2.45) is 5.92 Å². The summed E-state index contributed by atoms with van der Waals surface area (Å²) in [5, 5.41) is 12.3. The van der Waals surface area contributed by atoms with Crippen molar-refractivity contribution in [1.29, 1.82) is 0 Å². The first-order chi connectivity index (χ1) is 19.4. The number of rotatable bonds is 7. The molecule has 0 saturated carbocycles. The van der Waals surface area contributed by atoms with Gasteiger partial charge in [-0.2, -0.15) is 0 Å². The van der Waals surface area contributed by atoms with Gasteiger partial charge in [0.15, 0.2) is 23.0 Å². The molecule has 0 saturated heterocycles. The SMILES string of the molecule is COc1cccc(C(=O)C[C@H]2c3ccccc3[C@@]3(O)C(=O)c4ccccc4[C@H]3[C@@H]2C(=O)c2cccc(OC)c2)c1. The van der Waals surface area contributed by atoms with E-state index in [0.717, 1.165) is 0 Å². The summed E-state index contributed by atoms with van der Waals surface area (Å²) in [6, 6.07) is 28.0. The van der Waals surface area contributed by atoms with E-state index >= 15 is 0 Å². The summed E-state index contributed by atoms with van der Waals surface area (Å²) in [5.41, 5.74) is 1.00. The maximum Gasteiger partial charge on any atom is 0.199 e. The number of carbonyl (C=O) groups excluding carboxylic acids is 3. The van der Waals surface area contributed by atoms with Crippen molar-refractivity contribution in [1.82, 2.24) is 0 Å². The highest BCUT2D eigenvalue weighted by Gasteiger charge is 2.62. The van der Waals surface area contributed by atoms with Gasteiger partial charge in [-0.15, -0.1) is 0 Å². The van der Waals surface area contributed by atoms with Crippen LogP contribution in [0.15, 0.2) is 97.1 Å². The van der Waals surface area contributed by atoms with Gasteiger partial charge in [-0.25, -0.2) is 0 Å². The van der Waals surface area contributed by atoms with Gasteiger partial charge in [0.25, 0.3) is 0 Å². The Morgan fingerprint density at radius 2 is 1.38 bits per heavy atom. The Balaban J connectivity index is 1.56. The molecule has 200 valence electrons. The van der Waals surface area contributed by atoms with Gasteiger partial charge in [0.1, 0.15) is 11.5 Å². The van der Waals surface area contributed by atoms with E-state index in [9.17, 15) is 19.5 Å². The van der Waals surface area contributed by atoms with Gasteiger partial charge in [-0.1, -0.05) is 72.8 Å². The third-order valence-electron chi connectivity index (χ3n) is 8.35. The second-order valence-electron chi connectivity index (χ2n) is 10.3. The molecule has 2 aliphatic carbocycles. The molecule has 4 aromatic carbocycles. The summed E-state index contributed by atoms with van der Waals surface area (Å²) in [7, 11) is 3.07. The maximum absolute atomic E-state index is 14.5. The second kappa shape index (κ2) is 9.88. The summed E-state index contributed by atoms with van der Waals surface area (Å²) in [5.74, 6) is -2.13. The summed E-state index contributed by atoms with van der Waals surface area (Å²) in [6.45, 7) is 0. The molecule has 0 spiro atoms. The standard InChI is InChI=1S/C34H28O6/c1-39-22-11-7-9-20(17-22)29(35)19-27-24-13-5-6-16-28(24)34(38)31(25-14-3-4-15-26(25)33(34)37)30(27)32(36)21-10-8-12-23(18-21)40-2/h3-18,27,30-31,38H,19H2,1-2H3/t27-,30+,31-,34-/m0/s1. The molecule has 1 N–H and O–H groups in total. The topological polar surface area (TPSA) is 89.9 Å². The average molecular weight is 533 g/mol. The van der Waals surface area contributed by atoms with Gasteiger partial charge in [-0.05, 0) is 41.0 Å². The second-order valence-corrected chi connectivity index (χ2v) is 10.3. The quantitative estimate of drug-likeness (QED) is 0.305. The monoisotopic (exact) mass is 532 g/mol. The van der Waals surface area contributed by atoms with Crippen LogP contribution in [0.5, 0.6) is 11.5 Å². The Morgan fingerprint density at radius 1 is 0.775 bits per heavy atom. The minimum atomic E-state index is -1.94. The van der Waals surface area contributed by atoms with Crippen molar-refractivity contribution in [2.45, 2.75) is 23.9 Å². The Labute approximate surface area is 232 Å². The molecule has 6 heteroatoms. The molecular formula is C34H28O6. The minimum absolute atomic E-state index is 0.00743. The molecule has 0 radical (unpaired) electrons. The molecule has 2 aliphatic rings. The van der Waals surface area contributed by atoms with Gasteiger partial charge >= 0.3 is 0 Å². The molecule has 6 rings (SSSR count). The number of hydrogen-bond donors (Lipinski definition) is 1. The first-order valence-corrected chi connectivity index (χ1v) is 13.2. The molecule has 0 heterocycles. The Hall–Kier alpha value is -4.55. The van der Waals surface area contributed by atoms with Crippen molar-refractivity contribution >= 4 is 17.3 Å². The molecule has 0 fully saturated rings. The van der Waals surface area contributed by atoms with E-state index in [1.165, 1.54) is 7.11 Å². The lowest BCUT2D eigenvalue weighted by Crippen LogP contribution is -2.48. The lowest BCUT2D eigenvalue weighted by atomic mass is 9.58. The highest BCUT2D eigenvalue weighted by molar-refractivity contribution is 6.11. The van der Waals surface area contributed by atoms with E-state index in [-0.39, 0.29) is 18.0 Å². The number of fused-ring (bicyclic) bond motifs is 5. The molecule has 40 heavy (non-hydrogen) atoms. The zero-order valence-electron chi connectivity index (χ0n) is 22.2. The Bertz CT molecular complexity index is 1660. The van der Waals surface area contributed by atoms with Crippen LogP contribution in [-0.4, -0.2) is 36.7 Å². The Morgan fingerprint density at radius 3 is 2.08 bits per heavy atom. The van der Waals surface area contributed by atoms with Crippen LogP contribution < -0.4 is 9.47 Å². The van der Waals surface area contributed by atoms with Crippen LogP contribution in [0.2, 0.25) is 0 Å². The zero-order valence-corrected chi connectivity index (χ0v) is 22.2. The van der Waals surface area contributed by atoms with E-state index in [2.05, 4.69) is 0 Å². The van der Waals surface area contributed by atoms with Crippen LogP contribution in [0.4, 0.5) is 0 Å². The lowest BCUT2D eigenvalue weighted by Gasteiger charge is -2.45. The highest BCUT2D eigenvalue weighted by atomic mass is 16.5. The molecular weight excluding hydrogens is 504 g/mol. The number of ketones is 3. The van der Waals surface area contributed by atoms with Crippen molar-refractivity contribution in [3.63, 3.8) is 0 Å². The fraction of sp³-hybridized carbons (Fsp3) is 0.206. The zero-order chi connectivity index (χ0) is 28.0. The number of benzene rings is 4. The van der Waals surface area contributed by atoms with Gasteiger partial charge in [0.2, 0.25) is 0 Å². The van der Waals surface area contributed by atoms with Crippen LogP contribution in [0, 0.1) is 5.92 Å². The van der Waals surface area contributed by atoms with Crippen LogP contribution in [0.3, 0.4) is 0 Å². The first kappa shape index (κ1) is 25.7. The van der Waals surface area contributed by atoms with Crippen molar-refractivity contribution in [3.8, 4) is 11.5 Å². The number of carbonyl (C=O) groups is 3. The number of hydrogen-bond acceptors (Lipinski definition) is 6. The predicted molar refractivity (Wildman–Crippen MR) is 149 cm³/mol. The third kappa shape index (κ3) is 3.87. The average Bonchev–Trinajstić information content (AvgIpc) is 3.24. The third-order valence-corrected chi connectivity index (χ3v) is 8.35. The minimum Gasteiger partial charge on any atom is -0.497 e. The fourth-order valence-electron chi connectivity index (χ4n) is 6.54. The number of methoxy groups -OCH3 is 2. The van der Waals surface area contributed by atoms with Crippen LogP contribution in [-0.2, 0) is 5.60 Å². The predicted octanol–water partition coefficient (Wildman–Crippen LogP) is 5.74. The first-order valence-electron chi connectivity index (χ1n) is 13.2. The molecule has 4 aromatic rings. The molecule has 0 amide bonds. The number of Topliss-reactive ketones (excluding diaryl/α,β-unsaturated/α-hetero) is 3. The summed E-state index contributed by atoms with van der Waals surface area (Å²) in [4.78, 5) is 42.1. The molecule has 0 aromatic heterocycles. The Kier molecular flexibility index (Phi) is 6.35. The molecule has 0 unspecified atom stereocenters.